The van der Waals surface area contributed by atoms with Crippen LogP contribution in [0.2, 0.25) is 0 Å². The van der Waals surface area contributed by atoms with Crippen molar-refractivity contribution in [2.45, 2.75) is 45.1 Å². The minimum absolute atomic E-state index is 0.0958. The molecule has 5 heteroatoms. The summed E-state index contributed by atoms with van der Waals surface area (Å²) in [5.41, 5.74) is 0. The first-order chi connectivity index (χ1) is 9.75. The number of rotatable bonds is 5. The molecule has 0 aliphatic carbocycles. The number of nitrogens with one attached hydrogen (secondary N) is 2. The third-order valence-corrected chi connectivity index (χ3v) is 4.18. The number of carbonyl (C=O) groups excluding carboxylic acids is 1. The highest BCUT2D eigenvalue weighted by atomic mass is 16.5. The van der Waals surface area contributed by atoms with E-state index in [1.54, 1.807) is 0 Å². The second-order valence-corrected chi connectivity index (χ2v) is 6.10. The summed E-state index contributed by atoms with van der Waals surface area (Å²) < 4.78 is 5.82. The molecule has 1 unspecified atom stereocenters. The van der Waals surface area contributed by atoms with Crippen LogP contribution in [0.25, 0.3) is 0 Å². The van der Waals surface area contributed by atoms with Crippen LogP contribution in [0, 0.1) is 5.92 Å². The van der Waals surface area contributed by atoms with Gasteiger partial charge in [-0.15, -0.1) is 0 Å². The molecule has 0 aromatic rings. The molecule has 1 atom stereocenters. The first-order valence-corrected chi connectivity index (χ1v) is 8.11. The van der Waals surface area contributed by atoms with Crippen LogP contribution in [0.15, 0.2) is 0 Å². The minimum Gasteiger partial charge on any atom is -0.378 e. The van der Waals surface area contributed by atoms with E-state index < -0.39 is 0 Å². The van der Waals surface area contributed by atoms with Crippen molar-refractivity contribution in [1.29, 1.82) is 0 Å². The monoisotopic (exact) mass is 283 g/mol. The third kappa shape index (κ3) is 5.29. The van der Waals surface area contributed by atoms with Gasteiger partial charge in [-0.25, -0.2) is 4.79 Å². The van der Waals surface area contributed by atoms with Crippen LogP contribution < -0.4 is 10.6 Å². The Hall–Kier alpha value is -0.810. The normalized spacial score (nSPS) is 24.6. The van der Waals surface area contributed by atoms with Gasteiger partial charge in [-0.1, -0.05) is 6.92 Å². The zero-order valence-electron chi connectivity index (χ0n) is 12.7. The smallest absolute Gasteiger partial charge is 0.317 e. The Morgan fingerprint density at radius 2 is 2.15 bits per heavy atom. The number of carbonyl (C=O) groups is 1. The maximum atomic E-state index is 12.0. The fourth-order valence-electron chi connectivity index (χ4n) is 2.97. The number of urea groups is 1. The molecule has 5 nitrogen and oxygen atoms in total. The summed E-state index contributed by atoms with van der Waals surface area (Å²) in [5, 5.41) is 6.33. The first-order valence-electron chi connectivity index (χ1n) is 8.11. The minimum atomic E-state index is 0.0958. The van der Waals surface area contributed by atoms with Crippen molar-refractivity contribution >= 4 is 6.03 Å². The van der Waals surface area contributed by atoms with Crippen molar-refractivity contribution in [1.82, 2.24) is 15.5 Å². The van der Waals surface area contributed by atoms with Crippen LogP contribution in [-0.4, -0.2) is 56.4 Å². The van der Waals surface area contributed by atoms with Gasteiger partial charge in [0.2, 0.25) is 0 Å². The second kappa shape index (κ2) is 8.47. The predicted octanol–water partition coefficient (Wildman–Crippen LogP) is 1.59. The van der Waals surface area contributed by atoms with Gasteiger partial charge in [-0.2, -0.15) is 0 Å². The summed E-state index contributed by atoms with van der Waals surface area (Å²) in [6.07, 6.45) is 5.91. The van der Waals surface area contributed by atoms with E-state index in [2.05, 4.69) is 17.6 Å². The van der Waals surface area contributed by atoms with E-state index in [0.29, 0.717) is 18.6 Å². The van der Waals surface area contributed by atoms with E-state index in [1.807, 2.05) is 4.90 Å². The van der Waals surface area contributed by atoms with E-state index in [0.717, 1.165) is 58.5 Å². The van der Waals surface area contributed by atoms with Gasteiger partial charge in [0.25, 0.3) is 0 Å². The number of piperidine rings is 2. The Labute approximate surface area is 122 Å². The highest BCUT2D eigenvalue weighted by molar-refractivity contribution is 5.74. The molecule has 0 radical (unpaired) electrons. The van der Waals surface area contributed by atoms with Crippen LogP contribution in [0.3, 0.4) is 0 Å². The predicted molar refractivity (Wildman–Crippen MR) is 79.8 cm³/mol. The van der Waals surface area contributed by atoms with Gasteiger partial charge in [0, 0.05) is 26.2 Å². The molecule has 0 bridgehead atoms. The summed E-state index contributed by atoms with van der Waals surface area (Å²) >= 11 is 0. The molecule has 20 heavy (non-hydrogen) atoms. The summed E-state index contributed by atoms with van der Waals surface area (Å²) in [7, 11) is 0. The van der Waals surface area contributed by atoms with Crippen LogP contribution in [-0.2, 0) is 4.74 Å². The molecule has 2 heterocycles. The number of ether oxygens (including phenoxy) is 1. The molecule has 0 saturated carbocycles. The van der Waals surface area contributed by atoms with Crippen molar-refractivity contribution in [2.24, 2.45) is 5.92 Å². The van der Waals surface area contributed by atoms with E-state index in [4.69, 9.17) is 4.74 Å². The Bertz CT molecular complexity index is 293. The molecule has 0 spiro atoms. The zero-order valence-corrected chi connectivity index (χ0v) is 12.7. The van der Waals surface area contributed by atoms with Crippen LogP contribution in [0.5, 0.6) is 0 Å². The third-order valence-electron chi connectivity index (χ3n) is 4.18. The Morgan fingerprint density at radius 1 is 1.35 bits per heavy atom. The number of nitrogens with zero attached hydrogens (tertiary/aromatic N) is 1. The Kier molecular flexibility index (Phi) is 6.60. The molecule has 2 N–H and O–H groups in total. The number of hydrogen-bond acceptors (Lipinski definition) is 3. The number of hydrogen-bond donors (Lipinski definition) is 2. The van der Waals surface area contributed by atoms with Crippen molar-refractivity contribution in [3.63, 3.8) is 0 Å². The topological polar surface area (TPSA) is 53.6 Å². The molecule has 0 aromatic carbocycles. The first kappa shape index (κ1) is 15.6. The molecule has 2 rings (SSSR count). The molecular weight excluding hydrogens is 254 g/mol. The van der Waals surface area contributed by atoms with Crippen molar-refractivity contribution in [3.05, 3.63) is 0 Å². The summed E-state index contributed by atoms with van der Waals surface area (Å²) in [5.74, 6) is 0.637. The largest absolute Gasteiger partial charge is 0.378 e. The Balaban J connectivity index is 1.50. The van der Waals surface area contributed by atoms with Gasteiger partial charge >= 0.3 is 6.03 Å². The van der Waals surface area contributed by atoms with E-state index in [9.17, 15) is 4.79 Å². The number of likely N-dealkylation sites (tertiary alicyclic amines) is 1. The van der Waals surface area contributed by atoms with Gasteiger partial charge in [0.1, 0.15) is 0 Å². The average molecular weight is 283 g/mol. The second-order valence-electron chi connectivity index (χ2n) is 6.10. The van der Waals surface area contributed by atoms with Crippen LogP contribution in [0.4, 0.5) is 4.79 Å². The zero-order chi connectivity index (χ0) is 14.2. The van der Waals surface area contributed by atoms with Crippen LogP contribution >= 0.6 is 0 Å². The average Bonchev–Trinajstić information content (AvgIpc) is 2.48. The van der Waals surface area contributed by atoms with Crippen LogP contribution in [0.1, 0.15) is 39.0 Å². The van der Waals surface area contributed by atoms with E-state index in [1.165, 1.54) is 6.42 Å². The van der Waals surface area contributed by atoms with E-state index in [-0.39, 0.29) is 6.03 Å². The lowest BCUT2D eigenvalue weighted by atomic mass is 10.0. The summed E-state index contributed by atoms with van der Waals surface area (Å²) in [6.45, 7) is 7.62. The van der Waals surface area contributed by atoms with E-state index >= 15 is 0 Å². The fraction of sp³-hybridized carbons (Fsp3) is 0.933. The summed E-state index contributed by atoms with van der Waals surface area (Å²) in [6, 6.07) is 0.0958. The maximum Gasteiger partial charge on any atom is 0.317 e. The summed E-state index contributed by atoms with van der Waals surface area (Å²) in [4.78, 5) is 13.9. The lowest BCUT2D eigenvalue weighted by Gasteiger charge is -2.31. The fourth-order valence-corrected chi connectivity index (χ4v) is 2.97. The van der Waals surface area contributed by atoms with Gasteiger partial charge in [0.15, 0.2) is 0 Å². The van der Waals surface area contributed by atoms with Gasteiger partial charge in [-0.3, -0.25) is 0 Å². The molecular formula is C15H29N3O2. The molecule has 2 fully saturated rings. The molecule has 0 aromatic heterocycles. The Morgan fingerprint density at radius 3 is 2.90 bits per heavy atom. The van der Waals surface area contributed by atoms with Crippen molar-refractivity contribution in [2.75, 3.05) is 39.3 Å². The highest BCUT2D eigenvalue weighted by Crippen LogP contribution is 2.15. The van der Waals surface area contributed by atoms with Gasteiger partial charge < -0.3 is 20.3 Å². The van der Waals surface area contributed by atoms with Gasteiger partial charge in [-0.05, 0) is 51.1 Å². The lowest BCUT2D eigenvalue weighted by molar-refractivity contribution is 0.0319. The van der Waals surface area contributed by atoms with Crippen molar-refractivity contribution in [3.8, 4) is 0 Å². The standard InChI is InChI=1S/C15H29N3O2/c1-13-4-2-10-18(12-13)15(19)17-7-3-11-20-14-5-8-16-9-6-14/h13-14,16H,2-12H2,1H3,(H,17,19). The maximum absolute atomic E-state index is 12.0. The van der Waals surface area contributed by atoms with Crippen molar-refractivity contribution < 1.29 is 9.53 Å². The number of amides is 2. The molecule has 2 amide bonds. The SMILES string of the molecule is CC1CCCN(C(=O)NCCCOC2CCNCC2)C1. The molecule has 2 aliphatic rings. The molecule has 2 aliphatic heterocycles. The highest BCUT2D eigenvalue weighted by Gasteiger charge is 2.20. The lowest BCUT2D eigenvalue weighted by Crippen LogP contribution is -2.45. The molecule has 116 valence electrons. The van der Waals surface area contributed by atoms with Gasteiger partial charge in [0.05, 0.1) is 6.10 Å². The molecule has 2 saturated heterocycles. The quantitative estimate of drug-likeness (QED) is 0.753.